The molecule has 5 heteroatoms. The molecule has 0 atom stereocenters. The van der Waals surface area contributed by atoms with Crippen LogP contribution >= 0.6 is 11.6 Å². The van der Waals surface area contributed by atoms with Gasteiger partial charge in [-0.2, -0.15) is 0 Å². The van der Waals surface area contributed by atoms with Gasteiger partial charge in [0, 0.05) is 17.1 Å². The highest BCUT2D eigenvalue weighted by molar-refractivity contribution is 6.31. The number of aromatic nitrogens is 3. The first-order valence-corrected chi connectivity index (χ1v) is 7.49. The Labute approximate surface area is 134 Å². The Hall–Kier alpha value is -2.17. The highest BCUT2D eigenvalue weighted by Gasteiger charge is 2.14. The van der Waals surface area contributed by atoms with Crippen LogP contribution in [-0.2, 0) is 13.1 Å². The first-order valence-electron chi connectivity index (χ1n) is 7.12. The van der Waals surface area contributed by atoms with Gasteiger partial charge in [-0.15, -0.1) is 5.10 Å². The Morgan fingerprint density at radius 2 is 1.82 bits per heavy atom. The minimum Gasteiger partial charge on any atom is -0.325 e. The van der Waals surface area contributed by atoms with Crippen LogP contribution in [0.15, 0.2) is 48.5 Å². The van der Waals surface area contributed by atoms with Gasteiger partial charge in [0.25, 0.3) is 0 Å². The molecule has 0 aliphatic rings. The van der Waals surface area contributed by atoms with Crippen LogP contribution in [0.4, 0.5) is 0 Å². The zero-order valence-electron chi connectivity index (χ0n) is 12.3. The lowest BCUT2D eigenvalue weighted by Gasteiger charge is -2.09. The number of benzene rings is 2. The molecule has 0 radical (unpaired) electrons. The van der Waals surface area contributed by atoms with Gasteiger partial charge in [0.15, 0.2) is 0 Å². The summed E-state index contributed by atoms with van der Waals surface area (Å²) in [5.41, 5.74) is 10.8. The highest BCUT2D eigenvalue weighted by atomic mass is 35.5. The average molecular weight is 313 g/mol. The fourth-order valence-corrected chi connectivity index (χ4v) is 2.61. The molecule has 0 fully saturated rings. The van der Waals surface area contributed by atoms with Crippen molar-refractivity contribution >= 4 is 11.6 Å². The van der Waals surface area contributed by atoms with Crippen LogP contribution in [0.1, 0.15) is 16.8 Å². The molecule has 0 amide bonds. The van der Waals surface area contributed by atoms with Crippen LogP contribution in [0.3, 0.4) is 0 Å². The van der Waals surface area contributed by atoms with E-state index in [1.807, 2.05) is 28.9 Å². The van der Waals surface area contributed by atoms with Crippen molar-refractivity contribution in [3.8, 4) is 11.3 Å². The van der Waals surface area contributed by atoms with E-state index in [0.29, 0.717) is 13.1 Å². The molecule has 2 aromatic carbocycles. The molecule has 0 saturated heterocycles. The molecule has 3 rings (SSSR count). The van der Waals surface area contributed by atoms with Crippen LogP contribution in [0, 0.1) is 6.92 Å². The van der Waals surface area contributed by atoms with E-state index >= 15 is 0 Å². The van der Waals surface area contributed by atoms with Gasteiger partial charge in [0.2, 0.25) is 0 Å². The molecule has 0 unspecified atom stereocenters. The van der Waals surface area contributed by atoms with Crippen molar-refractivity contribution in [3.05, 3.63) is 70.4 Å². The molecule has 4 nitrogen and oxygen atoms in total. The quantitative estimate of drug-likeness (QED) is 0.803. The topological polar surface area (TPSA) is 56.7 Å². The number of nitrogens with zero attached hydrogens (tertiary/aromatic N) is 3. The van der Waals surface area contributed by atoms with Gasteiger partial charge in [-0.25, -0.2) is 4.68 Å². The van der Waals surface area contributed by atoms with Crippen LogP contribution in [-0.4, -0.2) is 15.0 Å². The van der Waals surface area contributed by atoms with Crippen molar-refractivity contribution in [2.45, 2.75) is 20.0 Å². The van der Waals surface area contributed by atoms with Crippen LogP contribution in [0.25, 0.3) is 11.3 Å². The Morgan fingerprint density at radius 1 is 1.09 bits per heavy atom. The summed E-state index contributed by atoms with van der Waals surface area (Å²) in [6.07, 6.45) is 0. The third-order valence-corrected chi connectivity index (χ3v) is 3.97. The van der Waals surface area contributed by atoms with Gasteiger partial charge >= 0.3 is 0 Å². The summed E-state index contributed by atoms with van der Waals surface area (Å²) < 4.78 is 1.86. The van der Waals surface area contributed by atoms with Gasteiger partial charge in [-0.05, 0) is 18.6 Å². The summed E-state index contributed by atoms with van der Waals surface area (Å²) in [6, 6.07) is 16.0. The third-order valence-electron chi connectivity index (χ3n) is 3.60. The van der Waals surface area contributed by atoms with E-state index < -0.39 is 0 Å². The van der Waals surface area contributed by atoms with Crippen LogP contribution in [0.2, 0.25) is 5.02 Å². The van der Waals surface area contributed by atoms with E-state index in [0.717, 1.165) is 27.5 Å². The number of rotatable bonds is 4. The van der Waals surface area contributed by atoms with E-state index in [4.69, 9.17) is 17.3 Å². The number of hydrogen-bond acceptors (Lipinski definition) is 3. The summed E-state index contributed by atoms with van der Waals surface area (Å²) in [5, 5.41) is 9.18. The maximum Gasteiger partial charge on any atom is 0.104 e. The maximum absolute atomic E-state index is 6.25. The summed E-state index contributed by atoms with van der Waals surface area (Å²) >= 11 is 6.25. The standard InChI is InChI=1S/C17H17ClN4/c1-12-6-8-13(9-7-12)17-16(10-19)20-21-22(17)11-14-4-2-3-5-15(14)18/h2-9H,10-11,19H2,1H3. The van der Waals surface area contributed by atoms with Gasteiger partial charge < -0.3 is 5.73 Å². The van der Waals surface area contributed by atoms with E-state index in [9.17, 15) is 0 Å². The molecule has 0 spiro atoms. The van der Waals surface area contributed by atoms with E-state index in [-0.39, 0.29) is 0 Å². The lowest BCUT2D eigenvalue weighted by atomic mass is 10.1. The van der Waals surface area contributed by atoms with E-state index in [1.165, 1.54) is 5.56 Å². The second-order valence-electron chi connectivity index (χ2n) is 5.20. The molecule has 1 heterocycles. The number of halogens is 1. The van der Waals surface area contributed by atoms with Crippen molar-refractivity contribution in [1.82, 2.24) is 15.0 Å². The SMILES string of the molecule is Cc1ccc(-c2c(CN)nnn2Cc2ccccc2Cl)cc1. The molecule has 3 aromatic rings. The largest absolute Gasteiger partial charge is 0.325 e. The number of nitrogens with two attached hydrogens (primary N) is 1. The van der Waals surface area contributed by atoms with Crippen molar-refractivity contribution in [2.75, 3.05) is 0 Å². The Morgan fingerprint density at radius 3 is 2.50 bits per heavy atom. The predicted octanol–water partition coefficient (Wildman–Crippen LogP) is 3.41. The smallest absolute Gasteiger partial charge is 0.104 e. The van der Waals surface area contributed by atoms with Crippen LogP contribution in [0.5, 0.6) is 0 Å². The van der Waals surface area contributed by atoms with Gasteiger partial charge in [-0.3, -0.25) is 0 Å². The second kappa shape index (κ2) is 6.30. The molecule has 0 bridgehead atoms. The molecule has 0 aliphatic heterocycles. The lowest BCUT2D eigenvalue weighted by Crippen LogP contribution is -2.06. The van der Waals surface area contributed by atoms with E-state index in [1.54, 1.807) is 0 Å². The molecule has 1 aromatic heterocycles. The van der Waals surface area contributed by atoms with Crippen molar-refractivity contribution < 1.29 is 0 Å². The summed E-state index contributed by atoms with van der Waals surface area (Å²) in [4.78, 5) is 0. The van der Waals surface area contributed by atoms with E-state index in [2.05, 4.69) is 41.5 Å². The Kier molecular flexibility index (Phi) is 4.22. The highest BCUT2D eigenvalue weighted by Crippen LogP contribution is 2.25. The zero-order valence-corrected chi connectivity index (χ0v) is 13.1. The average Bonchev–Trinajstić information content (AvgIpc) is 2.93. The monoisotopic (exact) mass is 312 g/mol. The minimum absolute atomic E-state index is 0.353. The molecule has 2 N–H and O–H groups in total. The normalized spacial score (nSPS) is 10.9. The third kappa shape index (κ3) is 2.89. The van der Waals surface area contributed by atoms with Crippen LogP contribution < -0.4 is 5.73 Å². The summed E-state index contributed by atoms with van der Waals surface area (Å²) in [7, 11) is 0. The number of aryl methyl sites for hydroxylation is 1. The molecule has 0 aliphatic carbocycles. The zero-order chi connectivity index (χ0) is 15.5. The number of hydrogen-bond donors (Lipinski definition) is 1. The molecular formula is C17H17ClN4. The second-order valence-corrected chi connectivity index (χ2v) is 5.61. The Bertz CT molecular complexity index is 778. The van der Waals surface area contributed by atoms with Crippen molar-refractivity contribution in [2.24, 2.45) is 5.73 Å². The van der Waals surface area contributed by atoms with Gasteiger partial charge in [0.05, 0.1) is 12.2 Å². The predicted molar refractivity (Wildman–Crippen MR) is 88.6 cm³/mol. The minimum atomic E-state index is 0.353. The first kappa shape index (κ1) is 14.8. The molecule has 0 saturated carbocycles. The Balaban J connectivity index is 2.04. The lowest BCUT2D eigenvalue weighted by molar-refractivity contribution is 0.655. The van der Waals surface area contributed by atoms with Gasteiger partial charge in [0.1, 0.15) is 5.69 Å². The molecule has 22 heavy (non-hydrogen) atoms. The molecule has 112 valence electrons. The summed E-state index contributed by atoms with van der Waals surface area (Å²) in [6.45, 7) is 2.98. The van der Waals surface area contributed by atoms with Crippen molar-refractivity contribution in [3.63, 3.8) is 0 Å². The fourth-order valence-electron chi connectivity index (χ4n) is 2.41. The molecular weight excluding hydrogens is 296 g/mol. The first-order chi connectivity index (χ1) is 10.7. The van der Waals surface area contributed by atoms with Crippen molar-refractivity contribution in [1.29, 1.82) is 0 Å². The maximum atomic E-state index is 6.25. The fraction of sp³-hybridized carbons (Fsp3) is 0.176. The van der Waals surface area contributed by atoms with Gasteiger partial charge in [-0.1, -0.05) is 64.8 Å². The summed E-state index contributed by atoms with van der Waals surface area (Å²) in [5.74, 6) is 0.